The van der Waals surface area contributed by atoms with E-state index in [1.54, 1.807) is 43.3 Å². The maximum atomic E-state index is 13.1. The maximum absolute atomic E-state index is 13.1. The lowest BCUT2D eigenvalue weighted by Gasteiger charge is -2.26. The molecule has 194 valence electrons. The molecule has 37 heavy (non-hydrogen) atoms. The molecule has 0 fully saturated rings. The molecule has 10 heteroatoms. The minimum absolute atomic E-state index is 0.176. The second-order valence-corrected chi connectivity index (χ2v) is 9.47. The van der Waals surface area contributed by atoms with Crippen molar-refractivity contribution in [2.75, 3.05) is 0 Å². The molecule has 0 radical (unpaired) electrons. The van der Waals surface area contributed by atoms with Gasteiger partial charge in [0.15, 0.2) is 0 Å². The standard InChI is InChI=1S/C27H25Cl2NO7/c1-15(30-24(31)13-20(26(34)35)14-25(32)33)23(11-16-6-9-21(28)22(29)10-16)37-27(36)19-8-7-17-4-2-3-5-18(17)12-19/h2-10,12,15,20,23H,11,13-14H2,1H3,(H,30,31)(H,32,33)(H,34,35)/t15-,20-,23+/m0/s1. The van der Waals surface area contributed by atoms with Gasteiger partial charge in [-0.3, -0.25) is 14.4 Å². The number of esters is 1. The van der Waals surface area contributed by atoms with E-state index in [0.29, 0.717) is 21.2 Å². The first-order valence-electron chi connectivity index (χ1n) is 11.4. The van der Waals surface area contributed by atoms with E-state index < -0.39 is 54.7 Å². The van der Waals surface area contributed by atoms with Gasteiger partial charge >= 0.3 is 17.9 Å². The average Bonchev–Trinajstić information content (AvgIpc) is 2.84. The molecule has 0 heterocycles. The van der Waals surface area contributed by atoms with Crippen LogP contribution in [0.25, 0.3) is 10.8 Å². The van der Waals surface area contributed by atoms with Gasteiger partial charge in [0, 0.05) is 12.8 Å². The monoisotopic (exact) mass is 545 g/mol. The fourth-order valence-electron chi connectivity index (χ4n) is 3.83. The van der Waals surface area contributed by atoms with Crippen molar-refractivity contribution in [3.05, 3.63) is 81.8 Å². The van der Waals surface area contributed by atoms with Gasteiger partial charge in [0.1, 0.15) is 6.10 Å². The Balaban J connectivity index is 1.79. The van der Waals surface area contributed by atoms with Crippen LogP contribution in [0.5, 0.6) is 0 Å². The SMILES string of the molecule is C[C@H](NC(=O)C[C@@H](CC(=O)O)C(=O)O)[C@@H](Cc1ccc(Cl)c(Cl)c1)OC(=O)c1ccc2ccccc2c1. The quantitative estimate of drug-likeness (QED) is 0.289. The molecule has 0 aliphatic rings. The molecule has 3 aromatic carbocycles. The highest BCUT2D eigenvalue weighted by Crippen LogP contribution is 2.25. The zero-order valence-corrected chi connectivity index (χ0v) is 21.3. The third-order valence-corrected chi connectivity index (χ3v) is 6.55. The number of halogens is 2. The predicted octanol–water partition coefficient (Wildman–Crippen LogP) is 4.99. The highest BCUT2D eigenvalue weighted by atomic mass is 35.5. The second-order valence-electron chi connectivity index (χ2n) is 8.65. The van der Waals surface area contributed by atoms with Gasteiger partial charge in [-0.05, 0) is 47.5 Å². The summed E-state index contributed by atoms with van der Waals surface area (Å²) in [6.45, 7) is 1.61. The normalized spacial score (nSPS) is 13.4. The molecule has 0 bridgehead atoms. The summed E-state index contributed by atoms with van der Waals surface area (Å²) in [6.07, 6.45) is -1.91. The summed E-state index contributed by atoms with van der Waals surface area (Å²) in [5, 5.41) is 23.3. The Bertz CT molecular complexity index is 1330. The Kier molecular flexibility index (Phi) is 9.49. The average molecular weight is 546 g/mol. The number of hydrogen-bond acceptors (Lipinski definition) is 5. The Morgan fingerprint density at radius 2 is 1.59 bits per heavy atom. The number of amides is 1. The zero-order valence-electron chi connectivity index (χ0n) is 19.8. The van der Waals surface area contributed by atoms with Crippen LogP contribution in [0.15, 0.2) is 60.7 Å². The summed E-state index contributed by atoms with van der Waals surface area (Å²) in [5.74, 6) is -5.39. The maximum Gasteiger partial charge on any atom is 0.338 e. The molecule has 0 saturated carbocycles. The van der Waals surface area contributed by atoms with Crippen LogP contribution < -0.4 is 5.32 Å². The molecule has 3 aromatic rings. The number of carbonyl (C=O) groups excluding carboxylic acids is 2. The van der Waals surface area contributed by atoms with Gasteiger partial charge in [0.25, 0.3) is 0 Å². The summed E-state index contributed by atoms with van der Waals surface area (Å²) < 4.78 is 5.80. The first-order chi connectivity index (χ1) is 17.5. The largest absolute Gasteiger partial charge is 0.481 e. The van der Waals surface area contributed by atoms with Crippen LogP contribution >= 0.6 is 23.2 Å². The van der Waals surface area contributed by atoms with Crippen LogP contribution in [0.3, 0.4) is 0 Å². The number of carboxylic acids is 2. The summed E-state index contributed by atoms with van der Waals surface area (Å²) in [5.41, 5.74) is 1.02. The molecular weight excluding hydrogens is 521 g/mol. The second kappa shape index (κ2) is 12.6. The summed E-state index contributed by atoms with van der Waals surface area (Å²) in [7, 11) is 0. The van der Waals surface area contributed by atoms with Crippen molar-refractivity contribution in [1.82, 2.24) is 5.32 Å². The molecule has 3 rings (SSSR count). The number of ether oxygens (including phenoxy) is 1. The molecule has 0 aliphatic carbocycles. The van der Waals surface area contributed by atoms with E-state index in [2.05, 4.69) is 5.32 Å². The van der Waals surface area contributed by atoms with Crippen molar-refractivity contribution in [2.45, 2.75) is 38.3 Å². The number of benzene rings is 3. The first kappa shape index (κ1) is 28.0. The van der Waals surface area contributed by atoms with Gasteiger partial charge < -0.3 is 20.3 Å². The smallest absolute Gasteiger partial charge is 0.338 e. The van der Waals surface area contributed by atoms with Crippen LogP contribution in [0.1, 0.15) is 35.7 Å². The molecular formula is C27H25Cl2NO7. The van der Waals surface area contributed by atoms with Gasteiger partial charge in [-0.2, -0.15) is 0 Å². The lowest BCUT2D eigenvalue weighted by atomic mass is 9.99. The van der Waals surface area contributed by atoms with E-state index in [1.807, 2.05) is 24.3 Å². The van der Waals surface area contributed by atoms with E-state index in [1.165, 1.54) is 0 Å². The Morgan fingerprint density at radius 3 is 2.24 bits per heavy atom. The molecule has 8 nitrogen and oxygen atoms in total. The Morgan fingerprint density at radius 1 is 0.892 bits per heavy atom. The number of aliphatic carboxylic acids is 2. The third-order valence-electron chi connectivity index (χ3n) is 5.81. The lowest BCUT2D eigenvalue weighted by Crippen LogP contribution is -2.45. The summed E-state index contributed by atoms with van der Waals surface area (Å²) >= 11 is 12.1. The molecule has 1 amide bonds. The van der Waals surface area contributed by atoms with E-state index >= 15 is 0 Å². The van der Waals surface area contributed by atoms with Crippen molar-refractivity contribution in [3.8, 4) is 0 Å². The summed E-state index contributed by atoms with van der Waals surface area (Å²) in [4.78, 5) is 47.9. The fraction of sp³-hybridized carbons (Fsp3) is 0.259. The van der Waals surface area contributed by atoms with E-state index in [9.17, 15) is 24.3 Å². The predicted molar refractivity (Wildman–Crippen MR) is 139 cm³/mol. The molecule has 3 atom stereocenters. The van der Waals surface area contributed by atoms with Gasteiger partial charge in [-0.15, -0.1) is 0 Å². The zero-order chi connectivity index (χ0) is 27.1. The van der Waals surface area contributed by atoms with Crippen molar-refractivity contribution in [2.24, 2.45) is 5.92 Å². The first-order valence-corrected chi connectivity index (χ1v) is 12.2. The minimum atomic E-state index is -1.39. The number of rotatable bonds is 11. The molecule has 0 unspecified atom stereocenters. The minimum Gasteiger partial charge on any atom is -0.481 e. The number of carboxylic acid groups (broad SMARTS) is 2. The van der Waals surface area contributed by atoms with Gasteiger partial charge in [-0.1, -0.05) is 59.6 Å². The molecule has 0 spiro atoms. The molecule has 0 aromatic heterocycles. The van der Waals surface area contributed by atoms with Gasteiger partial charge in [-0.25, -0.2) is 4.79 Å². The van der Waals surface area contributed by atoms with Crippen LogP contribution in [0.2, 0.25) is 10.0 Å². The van der Waals surface area contributed by atoms with Crippen LogP contribution in [-0.4, -0.2) is 46.2 Å². The van der Waals surface area contributed by atoms with Crippen LogP contribution in [0.4, 0.5) is 0 Å². The fourth-order valence-corrected chi connectivity index (χ4v) is 4.15. The van der Waals surface area contributed by atoms with Crippen molar-refractivity contribution in [1.29, 1.82) is 0 Å². The Hall–Kier alpha value is -3.62. The number of hydrogen-bond donors (Lipinski definition) is 3. The number of fused-ring (bicyclic) bond motifs is 1. The van der Waals surface area contributed by atoms with E-state index in [0.717, 1.165) is 10.8 Å². The molecule has 3 N–H and O–H groups in total. The Labute approximate surface area is 223 Å². The molecule has 0 aliphatic heterocycles. The summed E-state index contributed by atoms with van der Waals surface area (Å²) in [6, 6.07) is 16.9. The van der Waals surface area contributed by atoms with Gasteiger partial charge in [0.2, 0.25) is 5.91 Å². The van der Waals surface area contributed by atoms with Gasteiger partial charge in [0.05, 0.1) is 34.0 Å². The topological polar surface area (TPSA) is 130 Å². The number of nitrogens with one attached hydrogen (secondary N) is 1. The highest BCUT2D eigenvalue weighted by molar-refractivity contribution is 6.42. The third kappa shape index (κ3) is 7.93. The lowest BCUT2D eigenvalue weighted by molar-refractivity contribution is -0.149. The van der Waals surface area contributed by atoms with Crippen molar-refractivity contribution in [3.63, 3.8) is 0 Å². The van der Waals surface area contributed by atoms with Crippen LogP contribution in [0, 0.1) is 5.92 Å². The van der Waals surface area contributed by atoms with Crippen molar-refractivity contribution >= 4 is 57.8 Å². The van der Waals surface area contributed by atoms with Crippen LogP contribution in [-0.2, 0) is 25.5 Å². The highest BCUT2D eigenvalue weighted by Gasteiger charge is 2.28. The van der Waals surface area contributed by atoms with Crippen molar-refractivity contribution < 1.29 is 34.1 Å². The molecule has 0 saturated heterocycles. The number of carbonyl (C=O) groups is 4. The van der Waals surface area contributed by atoms with E-state index in [4.69, 9.17) is 33.0 Å². The van der Waals surface area contributed by atoms with E-state index in [-0.39, 0.29) is 6.42 Å².